The van der Waals surface area contributed by atoms with Gasteiger partial charge in [-0.1, -0.05) is 0 Å². The predicted octanol–water partition coefficient (Wildman–Crippen LogP) is 0.909. The highest BCUT2D eigenvalue weighted by Crippen LogP contribution is 2.14. The van der Waals surface area contributed by atoms with Gasteiger partial charge in [-0.3, -0.25) is 0 Å². The SMILES string of the molecule is CC(N)Cc1nc2sncc2[nH]1. The van der Waals surface area contributed by atoms with Gasteiger partial charge in [0.2, 0.25) is 0 Å². The van der Waals surface area contributed by atoms with Gasteiger partial charge in [0.15, 0.2) is 4.83 Å². The highest BCUT2D eigenvalue weighted by Gasteiger charge is 2.05. The summed E-state index contributed by atoms with van der Waals surface area (Å²) in [5.74, 6) is 0.952. The molecular weight excluding hydrogens is 172 g/mol. The van der Waals surface area contributed by atoms with Gasteiger partial charge in [0, 0.05) is 12.5 Å². The zero-order valence-corrected chi connectivity index (χ0v) is 7.56. The first-order valence-corrected chi connectivity index (χ1v) is 4.58. The zero-order valence-electron chi connectivity index (χ0n) is 6.74. The van der Waals surface area contributed by atoms with Gasteiger partial charge in [-0.25, -0.2) is 4.98 Å². The van der Waals surface area contributed by atoms with Gasteiger partial charge in [0.1, 0.15) is 5.82 Å². The van der Waals surface area contributed by atoms with E-state index in [1.54, 1.807) is 6.20 Å². The van der Waals surface area contributed by atoms with Crippen molar-refractivity contribution in [1.29, 1.82) is 0 Å². The molecular formula is C7H10N4S. The smallest absolute Gasteiger partial charge is 0.161 e. The van der Waals surface area contributed by atoms with Crippen LogP contribution in [0.15, 0.2) is 6.20 Å². The average Bonchev–Trinajstić information content (AvgIpc) is 2.43. The van der Waals surface area contributed by atoms with Crippen LogP contribution >= 0.6 is 11.5 Å². The Labute approximate surface area is 74.0 Å². The van der Waals surface area contributed by atoms with E-state index in [9.17, 15) is 0 Å². The largest absolute Gasteiger partial charge is 0.340 e. The normalized spacial score (nSPS) is 13.8. The summed E-state index contributed by atoms with van der Waals surface area (Å²) in [6, 6.07) is 0.151. The van der Waals surface area contributed by atoms with E-state index in [0.717, 1.165) is 22.6 Å². The molecule has 3 N–H and O–H groups in total. The maximum atomic E-state index is 5.64. The van der Waals surface area contributed by atoms with Crippen LogP contribution in [0.1, 0.15) is 12.7 Å². The van der Waals surface area contributed by atoms with Crippen LogP contribution in [0.2, 0.25) is 0 Å². The van der Waals surface area contributed by atoms with E-state index in [1.807, 2.05) is 6.92 Å². The van der Waals surface area contributed by atoms with Crippen LogP contribution in [-0.4, -0.2) is 20.4 Å². The highest BCUT2D eigenvalue weighted by atomic mass is 32.1. The lowest BCUT2D eigenvalue weighted by Gasteiger charge is -1.98. The molecule has 0 saturated carbocycles. The summed E-state index contributed by atoms with van der Waals surface area (Å²) < 4.78 is 4.00. The van der Waals surface area contributed by atoms with E-state index in [2.05, 4.69) is 14.3 Å². The van der Waals surface area contributed by atoms with E-state index in [0.29, 0.717) is 0 Å². The van der Waals surface area contributed by atoms with Crippen LogP contribution in [0.4, 0.5) is 0 Å². The number of nitrogens with zero attached hydrogens (tertiary/aromatic N) is 2. The van der Waals surface area contributed by atoms with E-state index in [4.69, 9.17) is 5.73 Å². The fraction of sp³-hybridized carbons (Fsp3) is 0.429. The van der Waals surface area contributed by atoms with Gasteiger partial charge >= 0.3 is 0 Å². The van der Waals surface area contributed by atoms with Crippen LogP contribution < -0.4 is 5.73 Å². The van der Waals surface area contributed by atoms with Crippen LogP contribution in [0, 0.1) is 0 Å². The van der Waals surface area contributed by atoms with Crippen molar-refractivity contribution in [3.8, 4) is 0 Å². The number of hydrogen-bond donors (Lipinski definition) is 2. The summed E-state index contributed by atoms with van der Waals surface area (Å²) in [6.45, 7) is 1.97. The Morgan fingerprint density at radius 2 is 2.58 bits per heavy atom. The molecule has 0 aromatic carbocycles. The summed E-state index contributed by atoms with van der Waals surface area (Å²) in [6.07, 6.45) is 2.58. The summed E-state index contributed by atoms with van der Waals surface area (Å²) in [4.78, 5) is 8.46. The van der Waals surface area contributed by atoms with Crippen molar-refractivity contribution in [1.82, 2.24) is 14.3 Å². The minimum Gasteiger partial charge on any atom is -0.340 e. The first-order chi connectivity index (χ1) is 5.75. The van der Waals surface area contributed by atoms with Gasteiger partial charge in [0.05, 0.1) is 11.7 Å². The van der Waals surface area contributed by atoms with Gasteiger partial charge in [-0.2, -0.15) is 4.37 Å². The second kappa shape index (κ2) is 2.84. The molecule has 0 aliphatic carbocycles. The molecule has 0 aliphatic rings. The third-order valence-electron chi connectivity index (χ3n) is 1.58. The Kier molecular flexibility index (Phi) is 1.82. The van der Waals surface area contributed by atoms with Gasteiger partial charge in [0.25, 0.3) is 0 Å². The van der Waals surface area contributed by atoms with Crippen molar-refractivity contribution in [2.45, 2.75) is 19.4 Å². The maximum Gasteiger partial charge on any atom is 0.161 e. The Hall–Kier alpha value is -0.940. The number of rotatable bonds is 2. The van der Waals surface area contributed by atoms with Crippen molar-refractivity contribution in [2.24, 2.45) is 5.73 Å². The number of aromatic nitrogens is 3. The average molecular weight is 182 g/mol. The third kappa shape index (κ3) is 1.33. The van der Waals surface area contributed by atoms with Crippen molar-refractivity contribution in [3.05, 3.63) is 12.0 Å². The summed E-state index contributed by atoms with van der Waals surface area (Å²) in [5, 5.41) is 0. The number of fused-ring (bicyclic) bond motifs is 1. The van der Waals surface area contributed by atoms with E-state index in [1.165, 1.54) is 11.5 Å². The Morgan fingerprint density at radius 3 is 3.25 bits per heavy atom. The number of hydrogen-bond acceptors (Lipinski definition) is 4. The van der Waals surface area contributed by atoms with Gasteiger partial charge in [-0.15, -0.1) is 0 Å². The second-order valence-electron chi connectivity index (χ2n) is 2.91. The van der Waals surface area contributed by atoms with Crippen molar-refractivity contribution in [2.75, 3.05) is 0 Å². The molecule has 2 heterocycles. The minimum absolute atomic E-state index is 0.151. The van der Waals surface area contributed by atoms with Crippen LogP contribution in [0.5, 0.6) is 0 Å². The molecule has 0 fully saturated rings. The van der Waals surface area contributed by atoms with Gasteiger partial charge in [-0.05, 0) is 18.5 Å². The Morgan fingerprint density at radius 1 is 1.75 bits per heavy atom. The number of nitrogens with two attached hydrogens (primary N) is 1. The van der Waals surface area contributed by atoms with Crippen molar-refractivity contribution in [3.63, 3.8) is 0 Å². The monoisotopic (exact) mass is 182 g/mol. The van der Waals surface area contributed by atoms with E-state index in [-0.39, 0.29) is 6.04 Å². The third-order valence-corrected chi connectivity index (χ3v) is 2.28. The number of nitrogens with one attached hydrogen (secondary N) is 1. The van der Waals surface area contributed by atoms with Crippen LogP contribution in [0.3, 0.4) is 0 Å². The first kappa shape index (κ1) is 7.70. The molecule has 1 unspecified atom stereocenters. The molecule has 5 heteroatoms. The fourth-order valence-corrected chi connectivity index (χ4v) is 1.72. The second-order valence-corrected chi connectivity index (χ2v) is 3.69. The molecule has 0 amide bonds. The summed E-state index contributed by atoms with van der Waals surface area (Å²) in [5.41, 5.74) is 6.65. The van der Waals surface area contributed by atoms with Crippen molar-refractivity contribution < 1.29 is 0 Å². The molecule has 1 atom stereocenters. The summed E-state index contributed by atoms with van der Waals surface area (Å²) >= 11 is 1.40. The molecule has 0 radical (unpaired) electrons. The first-order valence-electron chi connectivity index (χ1n) is 3.80. The predicted molar refractivity (Wildman–Crippen MR) is 49.1 cm³/mol. The number of aromatic amines is 1. The molecule has 2 aromatic heterocycles. The molecule has 0 aliphatic heterocycles. The number of imidazole rings is 1. The fourth-order valence-electron chi connectivity index (χ4n) is 1.11. The molecule has 64 valence electrons. The standard InChI is InChI=1S/C7H10N4S/c1-4(8)2-6-10-5-3-9-12-7(5)11-6/h3-4H,2,8H2,1H3,(H,10,11). The zero-order chi connectivity index (χ0) is 8.55. The molecule has 12 heavy (non-hydrogen) atoms. The maximum absolute atomic E-state index is 5.64. The molecule has 0 saturated heterocycles. The van der Waals surface area contributed by atoms with Crippen LogP contribution in [-0.2, 0) is 6.42 Å². The number of H-pyrrole nitrogens is 1. The summed E-state index contributed by atoms with van der Waals surface area (Å²) in [7, 11) is 0. The molecule has 4 nitrogen and oxygen atoms in total. The Balaban J connectivity index is 2.32. The van der Waals surface area contributed by atoms with Crippen molar-refractivity contribution >= 4 is 21.9 Å². The molecule has 2 aromatic rings. The van der Waals surface area contributed by atoms with E-state index < -0.39 is 0 Å². The Bertz CT molecular complexity index is 347. The van der Waals surface area contributed by atoms with E-state index >= 15 is 0 Å². The van der Waals surface area contributed by atoms with Gasteiger partial charge < -0.3 is 10.7 Å². The van der Waals surface area contributed by atoms with Crippen LogP contribution in [0.25, 0.3) is 10.3 Å². The lowest BCUT2D eigenvalue weighted by atomic mass is 10.2. The molecule has 2 rings (SSSR count). The topological polar surface area (TPSA) is 67.6 Å². The quantitative estimate of drug-likeness (QED) is 0.725. The molecule has 0 bridgehead atoms. The lowest BCUT2D eigenvalue weighted by Crippen LogP contribution is -2.18. The molecule has 0 spiro atoms. The highest BCUT2D eigenvalue weighted by molar-refractivity contribution is 7.12. The lowest BCUT2D eigenvalue weighted by molar-refractivity contribution is 0.712. The minimum atomic E-state index is 0.151.